The molecule has 76 valence electrons. The molecule has 0 spiro atoms. The fourth-order valence-electron chi connectivity index (χ4n) is 0.558. The molecule has 0 aromatic heterocycles. The Hall–Kier alpha value is -0.773. The maximum Gasteiger partial charge on any atom is 0.336 e. The minimum atomic E-state index is -1.57. The van der Waals surface area contributed by atoms with Crippen LogP contribution in [-0.2, 0) is 14.0 Å². The van der Waals surface area contributed by atoms with Crippen molar-refractivity contribution in [3.05, 3.63) is 11.8 Å². The van der Waals surface area contributed by atoms with Gasteiger partial charge >= 0.3 is 5.97 Å². The molecule has 0 saturated heterocycles. The first-order chi connectivity index (χ1) is 5.87. The molecule has 0 unspecified atom stereocenters. The third-order valence-electron chi connectivity index (χ3n) is 1.19. The van der Waals surface area contributed by atoms with Gasteiger partial charge in [0, 0.05) is 0 Å². The molecule has 0 aliphatic heterocycles. The number of carbonyl (C=O) groups is 1. The zero-order valence-electron chi connectivity index (χ0n) is 9.01. The van der Waals surface area contributed by atoms with E-state index in [9.17, 15) is 4.79 Å². The molecule has 0 saturated carbocycles. The highest BCUT2D eigenvalue weighted by Gasteiger charge is 2.14. The molecule has 0 heterocycles. The molecule has 4 heteroatoms. The van der Waals surface area contributed by atoms with E-state index in [0.29, 0.717) is 12.2 Å². The van der Waals surface area contributed by atoms with Crippen molar-refractivity contribution in [1.29, 1.82) is 0 Å². The lowest BCUT2D eigenvalue weighted by molar-refractivity contribution is -0.138. The number of carbonyl (C=O) groups excluding carboxylic acids is 1. The van der Waals surface area contributed by atoms with E-state index in [1.807, 2.05) is 0 Å². The van der Waals surface area contributed by atoms with E-state index in [1.54, 1.807) is 13.8 Å². The van der Waals surface area contributed by atoms with Gasteiger partial charge in [-0.3, -0.25) is 0 Å². The maximum absolute atomic E-state index is 11.1. The largest absolute Gasteiger partial charge is 0.549 e. The molecular formula is C9H18O3Si. The molecule has 0 amide bonds. The smallest absolute Gasteiger partial charge is 0.336 e. The monoisotopic (exact) mass is 202 g/mol. The summed E-state index contributed by atoms with van der Waals surface area (Å²) in [7, 11) is -1.57. The zero-order chi connectivity index (χ0) is 10.5. The molecule has 0 aliphatic rings. The van der Waals surface area contributed by atoms with Crippen LogP contribution in [0.1, 0.15) is 13.8 Å². The summed E-state index contributed by atoms with van der Waals surface area (Å²) in [6.07, 6.45) is 1.50. The van der Waals surface area contributed by atoms with Crippen molar-refractivity contribution in [3.8, 4) is 0 Å². The summed E-state index contributed by atoms with van der Waals surface area (Å²) in [6, 6.07) is 0. The molecule has 0 aromatic rings. The summed E-state index contributed by atoms with van der Waals surface area (Å²) < 4.78 is 10.2. The van der Waals surface area contributed by atoms with Crippen molar-refractivity contribution >= 4 is 14.3 Å². The Morgan fingerprint density at radius 2 is 1.92 bits per heavy atom. The standard InChI is InChI=1S/C9H18O3Si/c1-6-11-9(10)8(2)7-12-13(3,4)5/h7H,6H2,1-5H3/b8-7+. The molecule has 0 rings (SSSR count). The Balaban J connectivity index is 4.09. The van der Waals surface area contributed by atoms with Gasteiger partial charge in [-0.1, -0.05) is 0 Å². The summed E-state index contributed by atoms with van der Waals surface area (Å²) in [5.41, 5.74) is 0.518. The van der Waals surface area contributed by atoms with E-state index < -0.39 is 8.32 Å². The Morgan fingerprint density at radius 1 is 1.38 bits per heavy atom. The highest BCUT2D eigenvalue weighted by Crippen LogP contribution is 2.06. The number of ether oxygens (including phenoxy) is 1. The Bertz CT molecular complexity index is 203. The maximum atomic E-state index is 11.1. The average Bonchev–Trinajstić information content (AvgIpc) is 1.99. The Morgan fingerprint density at radius 3 is 2.31 bits per heavy atom. The van der Waals surface area contributed by atoms with Crippen LogP contribution < -0.4 is 0 Å². The van der Waals surface area contributed by atoms with Crippen LogP contribution in [0.2, 0.25) is 19.6 Å². The second-order valence-electron chi connectivity index (χ2n) is 3.75. The average molecular weight is 202 g/mol. The zero-order valence-corrected chi connectivity index (χ0v) is 10.0. The van der Waals surface area contributed by atoms with Gasteiger partial charge in [0.25, 0.3) is 0 Å². The topological polar surface area (TPSA) is 35.5 Å². The van der Waals surface area contributed by atoms with Gasteiger partial charge in [-0.05, 0) is 33.5 Å². The van der Waals surface area contributed by atoms with Crippen LogP contribution in [-0.4, -0.2) is 20.9 Å². The van der Waals surface area contributed by atoms with Crippen molar-refractivity contribution in [1.82, 2.24) is 0 Å². The highest BCUT2D eigenvalue weighted by molar-refractivity contribution is 6.69. The molecule has 0 atom stereocenters. The highest BCUT2D eigenvalue weighted by atomic mass is 28.4. The molecule has 13 heavy (non-hydrogen) atoms. The van der Waals surface area contributed by atoms with Crippen LogP contribution in [0.4, 0.5) is 0 Å². The SMILES string of the molecule is CCOC(=O)/C(C)=C/O[Si](C)(C)C. The van der Waals surface area contributed by atoms with E-state index in [-0.39, 0.29) is 5.97 Å². The van der Waals surface area contributed by atoms with Gasteiger partial charge in [-0.25, -0.2) is 4.79 Å². The first kappa shape index (κ1) is 12.2. The molecule has 0 bridgehead atoms. The van der Waals surface area contributed by atoms with Crippen molar-refractivity contribution < 1.29 is 14.0 Å². The predicted molar refractivity (Wildman–Crippen MR) is 54.8 cm³/mol. The predicted octanol–water partition coefficient (Wildman–Crippen LogP) is 2.30. The van der Waals surface area contributed by atoms with Crippen LogP contribution in [0, 0.1) is 0 Å². The Kier molecular flexibility index (Phi) is 4.76. The van der Waals surface area contributed by atoms with E-state index >= 15 is 0 Å². The third kappa shape index (κ3) is 6.39. The van der Waals surface area contributed by atoms with Crippen LogP contribution in [0.25, 0.3) is 0 Å². The molecule has 0 aliphatic carbocycles. The van der Waals surface area contributed by atoms with Gasteiger partial charge in [0.15, 0.2) is 0 Å². The summed E-state index contributed by atoms with van der Waals surface area (Å²) in [6.45, 7) is 10.0. The minimum absolute atomic E-state index is 0.305. The molecule has 0 N–H and O–H groups in total. The number of esters is 1. The fraction of sp³-hybridized carbons (Fsp3) is 0.667. The lowest BCUT2D eigenvalue weighted by atomic mass is 10.3. The van der Waals surface area contributed by atoms with Gasteiger partial charge < -0.3 is 9.16 Å². The lowest BCUT2D eigenvalue weighted by Crippen LogP contribution is -2.22. The molecule has 0 fully saturated rings. The van der Waals surface area contributed by atoms with Crippen LogP contribution in [0.3, 0.4) is 0 Å². The normalized spacial score (nSPS) is 12.5. The molecule has 3 nitrogen and oxygen atoms in total. The second-order valence-corrected chi connectivity index (χ2v) is 8.21. The third-order valence-corrected chi connectivity index (χ3v) is 2.01. The fourth-order valence-corrected chi connectivity index (χ4v) is 1.09. The quantitative estimate of drug-likeness (QED) is 0.304. The summed E-state index contributed by atoms with van der Waals surface area (Å²) in [5, 5.41) is 0. The van der Waals surface area contributed by atoms with Crippen molar-refractivity contribution in [3.63, 3.8) is 0 Å². The number of rotatable bonds is 4. The summed E-state index contributed by atoms with van der Waals surface area (Å²) in [5.74, 6) is -0.305. The summed E-state index contributed by atoms with van der Waals surface area (Å²) >= 11 is 0. The van der Waals surface area contributed by atoms with E-state index in [2.05, 4.69) is 19.6 Å². The lowest BCUT2D eigenvalue weighted by Gasteiger charge is -2.15. The number of hydrogen-bond donors (Lipinski definition) is 0. The molecular weight excluding hydrogens is 184 g/mol. The first-order valence-electron chi connectivity index (χ1n) is 4.38. The van der Waals surface area contributed by atoms with E-state index in [0.717, 1.165) is 0 Å². The van der Waals surface area contributed by atoms with Crippen molar-refractivity contribution in [2.24, 2.45) is 0 Å². The van der Waals surface area contributed by atoms with Gasteiger partial charge in [0.1, 0.15) is 0 Å². The number of hydrogen-bond acceptors (Lipinski definition) is 3. The summed E-state index contributed by atoms with van der Waals surface area (Å²) in [4.78, 5) is 11.1. The first-order valence-corrected chi connectivity index (χ1v) is 7.79. The van der Waals surface area contributed by atoms with Gasteiger partial charge in [0.2, 0.25) is 8.32 Å². The van der Waals surface area contributed by atoms with Gasteiger partial charge in [-0.15, -0.1) is 0 Å². The Labute approximate surface area is 80.9 Å². The van der Waals surface area contributed by atoms with Crippen molar-refractivity contribution in [2.45, 2.75) is 33.5 Å². The van der Waals surface area contributed by atoms with Crippen LogP contribution >= 0.6 is 0 Å². The minimum Gasteiger partial charge on any atom is -0.549 e. The van der Waals surface area contributed by atoms with Crippen LogP contribution in [0.15, 0.2) is 11.8 Å². The molecule has 0 aromatic carbocycles. The van der Waals surface area contributed by atoms with E-state index in [1.165, 1.54) is 6.26 Å². The van der Waals surface area contributed by atoms with Gasteiger partial charge in [-0.2, -0.15) is 0 Å². The van der Waals surface area contributed by atoms with Crippen LogP contribution in [0.5, 0.6) is 0 Å². The van der Waals surface area contributed by atoms with Crippen molar-refractivity contribution in [2.75, 3.05) is 6.61 Å². The van der Waals surface area contributed by atoms with E-state index in [4.69, 9.17) is 9.16 Å². The second kappa shape index (κ2) is 5.06. The van der Waals surface area contributed by atoms with Gasteiger partial charge in [0.05, 0.1) is 18.4 Å². The molecule has 0 radical (unpaired) electrons.